The van der Waals surface area contributed by atoms with Crippen molar-refractivity contribution in [3.05, 3.63) is 62.9 Å². The Kier molecular flexibility index (Phi) is 3.66. The summed E-state index contributed by atoms with van der Waals surface area (Å²) in [5.74, 6) is -0.671. The molecule has 1 N–H and O–H groups in total. The van der Waals surface area contributed by atoms with Crippen LogP contribution in [0.25, 0.3) is 0 Å². The van der Waals surface area contributed by atoms with Crippen LogP contribution in [0, 0.1) is 22.9 Å². The first-order valence-corrected chi connectivity index (χ1v) is 5.81. The molecular weight excluding hydrogens is 271 g/mol. The Bertz CT molecular complexity index is 647. The van der Waals surface area contributed by atoms with Crippen LogP contribution < -0.4 is 5.32 Å². The number of nitro benzene ring substituents is 1. The second-order valence-electron chi connectivity index (χ2n) is 4.04. The molecule has 0 unspecified atom stereocenters. The highest BCUT2D eigenvalue weighted by Gasteiger charge is 2.10. The lowest BCUT2D eigenvalue weighted by Gasteiger charge is -2.08. The number of benzene rings is 2. The van der Waals surface area contributed by atoms with Gasteiger partial charge < -0.3 is 5.32 Å². The van der Waals surface area contributed by atoms with E-state index in [2.05, 4.69) is 5.32 Å². The summed E-state index contributed by atoms with van der Waals surface area (Å²) in [5, 5.41) is 14.1. The van der Waals surface area contributed by atoms with Gasteiger partial charge in [0.05, 0.1) is 11.0 Å². The zero-order valence-electron chi connectivity index (χ0n) is 9.98. The van der Waals surface area contributed by atoms with Crippen molar-refractivity contribution in [1.29, 1.82) is 0 Å². The summed E-state index contributed by atoms with van der Waals surface area (Å²) in [4.78, 5) is 10.0. The molecule has 0 aliphatic rings. The van der Waals surface area contributed by atoms with Gasteiger partial charge in [0.25, 0.3) is 5.69 Å². The molecule has 2 aromatic carbocycles. The van der Waals surface area contributed by atoms with Crippen LogP contribution in [-0.4, -0.2) is 4.92 Å². The molecule has 0 heterocycles. The Morgan fingerprint density at radius 2 is 1.95 bits per heavy atom. The van der Waals surface area contributed by atoms with Gasteiger partial charge in [0.2, 0.25) is 0 Å². The summed E-state index contributed by atoms with van der Waals surface area (Å²) in [6, 6.07) is 8.55. The monoisotopic (exact) mass is 280 g/mol. The lowest BCUT2D eigenvalue weighted by molar-refractivity contribution is -0.385. The molecule has 0 saturated carbocycles. The number of nitrogens with zero attached hydrogens (tertiary/aromatic N) is 1. The molecule has 19 heavy (non-hydrogen) atoms. The molecule has 2 aromatic rings. The van der Waals surface area contributed by atoms with Crippen LogP contribution in [0.2, 0.25) is 5.02 Å². The number of nitrogens with one attached hydrogen (secondary N) is 1. The van der Waals surface area contributed by atoms with E-state index in [4.69, 9.17) is 11.6 Å². The summed E-state index contributed by atoms with van der Waals surface area (Å²) >= 11 is 5.97. The Labute approximate surface area is 114 Å². The molecule has 0 aliphatic heterocycles. The van der Waals surface area contributed by atoms with Gasteiger partial charge >= 0.3 is 0 Å². The van der Waals surface area contributed by atoms with Gasteiger partial charge in [-0.15, -0.1) is 0 Å². The van der Waals surface area contributed by atoms with Crippen LogP contribution in [0.1, 0.15) is 5.56 Å². The smallest absolute Gasteiger partial charge is 0.274 e. The average molecular weight is 281 g/mol. The van der Waals surface area contributed by atoms with Crippen molar-refractivity contribution < 1.29 is 9.31 Å². The summed E-state index contributed by atoms with van der Waals surface area (Å²) in [5.41, 5.74) is 1.54. The summed E-state index contributed by atoms with van der Waals surface area (Å²) in [7, 11) is 0. The first kappa shape index (κ1) is 13.3. The van der Waals surface area contributed by atoms with Gasteiger partial charge in [-0.05, 0) is 30.7 Å². The highest BCUT2D eigenvalue weighted by atomic mass is 35.5. The topological polar surface area (TPSA) is 55.2 Å². The van der Waals surface area contributed by atoms with Gasteiger partial charge in [-0.3, -0.25) is 10.1 Å². The van der Waals surface area contributed by atoms with Crippen LogP contribution in [0.15, 0.2) is 36.4 Å². The second kappa shape index (κ2) is 5.24. The number of aryl methyl sites for hydroxylation is 1. The van der Waals surface area contributed by atoms with Crippen LogP contribution >= 0.6 is 11.6 Å². The van der Waals surface area contributed by atoms with Crippen LogP contribution in [-0.2, 0) is 0 Å². The van der Waals surface area contributed by atoms with E-state index in [0.29, 0.717) is 16.4 Å². The third kappa shape index (κ3) is 3.20. The molecule has 98 valence electrons. The first-order chi connectivity index (χ1) is 8.95. The Morgan fingerprint density at radius 1 is 1.21 bits per heavy atom. The number of rotatable bonds is 3. The molecule has 6 heteroatoms. The molecule has 4 nitrogen and oxygen atoms in total. The standard InChI is InChI=1S/C13H10ClFN2O2/c1-8-2-3-10(7-13(8)14)16-11-4-9(15)5-12(6-11)17(18)19/h2-7,16H,1H3. The number of anilines is 2. The number of nitro groups is 1. The van der Waals surface area contributed by atoms with Crippen molar-refractivity contribution in [2.24, 2.45) is 0 Å². The fraction of sp³-hybridized carbons (Fsp3) is 0.0769. The van der Waals surface area contributed by atoms with E-state index >= 15 is 0 Å². The third-order valence-electron chi connectivity index (χ3n) is 2.55. The lowest BCUT2D eigenvalue weighted by Crippen LogP contribution is -1.95. The van der Waals surface area contributed by atoms with Gasteiger partial charge in [-0.1, -0.05) is 17.7 Å². The fourth-order valence-electron chi connectivity index (χ4n) is 1.59. The Balaban J connectivity index is 2.32. The second-order valence-corrected chi connectivity index (χ2v) is 4.45. The van der Waals surface area contributed by atoms with Gasteiger partial charge in [0.1, 0.15) is 5.82 Å². The van der Waals surface area contributed by atoms with Gasteiger partial charge in [0.15, 0.2) is 0 Å². The minimum absolute atomic E-state index is 0.298. The highest BCUT2D eigenvalue weighted by Crippen LogP contribution is 2.26. The van der Waals surface area contributed by atoms with Crippen molar-refractivity contribution in [1.82, 2.24) is 0 Å². The maximum atomic E-state index is 13.3. The predicted octanol–water partition coefficient (Wildman–Crippen LogP) is 4.44. The molecular formula is C13H10ClFN2O2. The van der Waals surface area contributed by atoms with Crippen molar-refractivity contribution in [3.63, 3.8) is 0 Å². The molecule has 0 saturated heterocycles. The van der Waals surface area contributed by atoms with Crippen molar-refractivity contribution in [3.8, 4) is 0 Å². The van der Waals surface area contributed by atoms with Gasteiger partial charge in [-0.25, -0.2) is 4.39 Å². The van der Waals surface area contributed by atoms with Crippen LogP contribution in [0.3, 0.4) is 0 Å². The molecule has 0 atom stereocenters. The first-order valence-electron chi connectivity index (χ1n) is 5.44. The SMILES string of the molecule is Cc1ccc(Nc2cc(F)cc([N+](=O)[O-])c2)cc1Cl. The minimum atomic E-state index is -0.671. The van der Waals surface area contributed by atoms with Crippen LogP contribution in [0.5, 0.6) is 0 Å². The molecule has 0 spiro atoms. The number of non-ortho nitro benzene ring substituents is 1. The molecule has 0 amide bonds. The number of hydrogen-bond acceptors (Lipinski definition) is 3. The van der Waals surface area contributed by atoms with E-state index in [1.165, 1.54) is 12.1 Å². The van der Waals surface area contributed by atoms with E-state index in [9.17, 15) is 14.5 Å². The summed E-state index contributed by atoms with van der Waals surface area (Å²) < 4.78 is 13.3. The quantitative estimate of drug-likeness (QED) is 0.668. The molecule has 0 radical (unpaired) electrons. The lowest BCUT2D eigenvalue weighted by atomic mass is 10.2. The zero-order chi connectivity index (χ0) is 14.0. The summed E-state index contributed by atoms with van der Waals surface area (Å²) in [6.07, 6.45) is 0. The van der Waals surface area contributed by atoms with E-state index in [1.807, 2.05) is 6.92 Å². The molecule has 0 bridgehead atoms. The predicted molar refractivity (Wildman–Crippen MR) is 72.5 cm³/mol. The third-order valence-corrected chi connectivity index (χ3v) is 2.96. The van der Waals surface area contributed by atoms with Crippen LogP contribution in [0.4, 0.5) is 21.5 Å². The number of halogens is 2. The Hall–Kier alpha value is -2.14. The van der Waals surface area contributed by atoms with Gasteiger partial charge in [-0.2, -0.15) is 0 Å². The highest BCUT2D eigenvalue weighted by molar-refractivity contribution is 6.31. The van der Waals surface area contributed by atoms with E-state index in [-0.39, 0.29) is 5.69 Å². The van der Waals surface area contributed by atoms with Crippen molar-refractivity contribution in [2.75, 3.05) is 5.32 Å². The van der Waals surface area contributed by atoms with E-state index in [0.717, 1.165) is 11.6 Å². The minimum Gasteiger partial charge on any atom is -0.355 e. The largest absolute Gasteiger partial charge is 0.355 e. The normalized spacial score (nSPS) is 10.3. The zero-order valence-corrected chi connectivity index (χ0v) is 10.7. The summed E-state index contributed by atoms with van der Waals surface area (Å²) in [6.45, 7) is 1.86. The molecule has 0 fully saturated rings. The molecule has 0 aliphatic carbocycles. The van der Waals surface area contributed by atoms with Gasteiger partial charge in [0, 0.05) is 22.5 Å². The van der Waals surface area contributed by atoms with E-state index < -0.39 is 10.7 Å². The Morgan fingerprint density at radius 3 is 2.58 bits per heavy atom. The van der Waals surface area contributed by atoms with Crippen molar-refractivity contribution in [2.45, 2.75) is 6.92 Å². The van der Waals surface area contributed by atoms with E-state index in [1.54, 1.807) is 18.2 Å². The fourth-order valence-corrected chi connectivity index (χ4v) is 1.77. The molecule has 2 rings (SSSR count). The molecule has 0 aromatic heterocycles. The number of hydrogen-bond donors (Lipinski definition) is 1. The maximum Gasteiger partial charge on any atom is 0.274 e. The average Bonchev–Trinajstić information content (AvgIpc) is 2.33. The maximum absolute atomic E-state index is 13.3. The van der Waals surface area contributed by atoms with Crippen molar-refractivity contribution >= 4 is 28.7 Å².